The highest BCUT2D eigenvalue weighted by atomic mass is 16.6. The number of ether oxygens (including phenoxy) is 1. The number of imide groups is 1. The maximum absolute atomic E-state index is 12.8. The van der Waals surface area contributed by atoms with Gasteiger partial charge in [-0.3, -0.25) is 19.7 Å². The molecule has 3 aromatic rings. The van der Waals surface area contributed by atoms with E-state index in [9.17, 15) is 24.5 Å². The van der Waals surface area contributed by atoms with Gasteiger partial charge in [-0.1, -0.05) is 48.0 Å². The van der Waals surface area contributed by atoms with Crippen LogP contribution in [0.2, 0.25) is 0 Å². The van der Waals surface area contributed by atoms with E-state index in [-0.39, 0.29) is 18.0 Å². The fourth-order valence-electron chi connectivity index (χ4n) is 3.50. The summed E-state index contributed by atoms with van der Waals surface area (Å²) in [6.07, 6.45) is 1.46. The zero-order chi connectivity index (χ0) is 25.7. The molecule has 0 aliphatic carbocycles. The van der Waals surface area contributed by atoms with E-state index in [1.165, 1.54) is 18.2 Å². The van der Waals surface area contributed by atoms with E-state index in [0.29, 0.717) is 22.6 Å². The van der Waals surface area contributed by atoms with Gasteiger partial charge in [-0.2, -0.15) is 0 Å². The molecule has 1 fully saturated rings. The minimum absolute atomic E-state index is 0.00506. The maximum Gasteiger partial charge on any atom is 0.329 e. The molecule has 0 bridgehead atoms. The number of nitrogens with zero attached hydrogens (tertiary/aromatic N) is 2. The van der Waals surface area contributed by atoms with Crippen LogP contribution in [0.1, 0.15) is 16.7 Å². The van der Waals surface area contributed by atoms with E-state index in [4.69, 9.17) is 4.74 Å². The lowest BCUT2D eigenvalue weighted by molar-refractivity contribution is -0.384. The maximum atomic E-state index is 12.8. The highest BCUT2D eigenvalue weighted by Gasteiger charge is 2.35. The number of benzene rings is 3. The molecule has 3 aromatic carbocycles. The Morgan fingerprint density at radius 1 is 1.08 bits per heavy atom. The standard InChI is InChI=1S/C26H22N4O6/c1-17-9-11-20(12-10-17)27-24(31)15-29-25(32)22(28-26(29)33)14-19-6-2-3-8-23(19)36-16-18-5-4-7-21(13-18)30(34)35/h2-14H,15-16H2,1H3,(H,27,31)(H,28,33)/b22-14+. The van der Waals surface area contributed by atoms with E-state index >= 15 is 0 Å². The predicted octanol–water partition coefficient (Wildman–Crippen LogP) is 4.01. The molecule has 4 rings (SSSR count). The Morgan fingerprint density at radius 2 is 1.83 bits per heavy atom. The minimum atomic E-state index is -0.708. The number of urea groups is 1. The first-order valence-corrected chi connectivity index (χ1v) is 11.0. The molecule has 1 aliphatic rings. The third kappa shape index (κ3) is 5.73. The van der Waals surface area contributed by atoms with Gasteiger partial charge in [0.15, 0.2) is 0 Å². The molecule has 0 unspecified atom stereocenters. The highest BCUT2D eigenvalue weighted by molar-refractivity contribution is 6.16. The Balaban J connectivity index is 1.44. The Hall–Kier alpha value is -4.99. The van der Waals surface area contributed by atoms with E-state index in [1.807, 2.05) is 19.1 Å². The van der Waals surface area contributed by atoms with Crippen LogP contribution in [0.25, 0.3) is 6.08 Å². The van der Waals surface area contributed by atoms with E-state index in [2.05, 4.69) is 10.6 Å². The SMILES string of the molecule is Cc1ccc(NC(=O)CN2C(=O)N/C(=C/c3ccccc3OCc3cccc([N+](=O)[O-])c3)C2=O)cc1. The summed E-state index contributed by atoms with van der Waals surface area (Å²) >= 11 is 0. The Morgan fingerprint density at radius 3 is 2.58 bits per heavy atom. The lowest BCUT2D eigenvalue weighted by atomic mass is 10.1. The van der Waals surface area contributed by atoms with Crippen molar-refractivity contribution in [1.29, 1.82) is 0 Å². The molecule has 0 radical (unpaired) electrons. The summed E-state index contributed by atoms with van der Waals surface area (Å²) < 4.78 is 5.83. The van der Waals surface area contributed by atoms with E-state index in [0.717, 1.165) is 10.5 Å². The molecular weight excluding hydrogens is 464 g/mol. The second-order valence-electron chi connectivity index (χ2n) is 8.05. The number of aryl methyl sites for hydroxylation is 1. The monoisotopic (exact) mass is 486 g/mol. The number of rotatable bonds is 8. The molecule has 10 heteroatoms. The second kappa shape index (κ2) is 10.5. The van der Waals surface area contributed by atoms with E-state index < -0.39 is 29.3 Å². The number of nitrogens with one attached hydrogen (secondary N) is 2. The van der Waals surface area contributed by atoms with Crippen LogP contribution in [0.15, 0.2) is 78.5 Å². The van der Waals surface area contributed by atoms with Gasteiger partial charge in [0.2, 0.25) is 5.91 Å². The molecule has 36 heavy (non-hydrogen) atoms. The molecule has 1 heterocycles. The molecule has 0 atom stereocenters. The number of non-ortho nitro benzene ring substituents is 1. The van der Waals surface area contributed by atoms with Crippen LogP contribution in [0.3, 0.4) is 0 Å². The Labute approximate surface area is 206 Å². The molecular formula is C26H22N4O6. The van der Waals surface area contributed by atoms with Crippen LogP contribution in [-0.2, 0) is 16.2 Å². The van der Waals surface area contributed by atoms with Crippen molar-refractivity contribution in [2.24, 2.45) is 0 Å². The van der Waals surface area contributed by atoms with Gasteiger partial charge in [-0.15, -0.1) is 0 Å². The van der Waals surface area contributed by atoms with Crippen LogP contribution < -0.4 is 15.4 Å². The van der Waals surface area contributed by atoms with Crippen molar-refractivity contribution in [2.75, 3.05) is 11.9 Å². The number of nitro benzene ring substituents is 1. The normalized spacial score (nSPS) is 14.0. The average Bonchev–Trinajstić information content (AvgIpc) is 3.12. The van der Waals surface area contributed by atoms with Gasteiger partial charge in [-0.25, -0.2) is 9.69 Å². The number of hydrogen-bond donors (Lipinski definition) is 2. The number of anilines is 1. The van der Waals surface area contributed by atoms with Crippen LogP contribution in [0.4, 0.5) is 16.2 Å². The van der Waals surface area contributed by atoms with Gasteiger partial charge in [0.05, 0.1) is 4.92 Å². The predicted molar refractivity (Wildman–Crippen MR) is 132 cm³/mol. The Bertz CT molecular complexity index is 1370. The zero-order valence-corrected chi connectivity index (χ0v) is 19.3. The summed E-state index contributed by atoms with van der Waals surface area (Å²) in [5.41, 5.74) is 2.65. The number of para-hydroxylation sites is 1. The van der Waals surface area contributed by atoms with Gasteiger partial charge >= 0.3 is 6.03 Å². The quantitative estimate of drug-likeness (QED) is 0.214. The first kappa shape index (κ1) is 24.1. The largest absolute Gasteiger partial charge is 0.488 e. The van der Waals surface area contributed by atoms with Crippen LogP contribution in [0.5, 0.6) is 5.75 Å². The summed E-state index contributed by atoms with van der Waals surface area (Å²) in [6, 6.07) is 19.4. The summed E-state index contributed by atoms with van der Waals surface area (Å²) in [7, 11) is 0. The number of carbonyl (C=O) groups excluding carboxylic acids is 3. The first-order valence-electron chi connectivity index (χ1n) is 11.0. The molecule has 0 spiro atoms. The van der Waals surface area contributed by atoms with Crippen molar-refractivity contribution in [3.63, 3.8) is 0 Å². The lowest BCUT2D eigenvalue weighted by Crippen LogP contribution is -2.38. The molecule has 0 saturated carbocycles. The number of amides is 4. The molecule has 1 saturated heterocycles. The lowest BCUT2D eigenvalue weighted by Gasteiger charge is -2.12. The zero-order valence-electron chi connectivity index (χ0n) is 19.3. The molecule has 2 N–H and O–H groups in total. The van der Waals surface area contributed by atoms with Gasteiger partial charge in [0.25, 0.3) is 11.6 Å². The third-order valence-electron chi connectivity index (χ3n) is 5.33. The fourth-order valence-corrected chi connectivity index (χ4v) is 3.50. The van der Waals surface area contributed by atoms with Gasteiger partial charge in [0.1, 0.15) is 24.6 Å². The highest BCUT2D eigenvalue weighted by Crippen LogP contribution is 2.24. The molecule has 4 amide bonds. The number of carbonyl (C=O) groups is 3. The van der Waals surface area contributed by atoms with Gasteiger partial charge < -0.3 is 15.4 Å². The van der Waals surface area contributed by atoms with Crippen molar-refractivity contribution >= 4 is 35.3 Å². The molecule has 10 nitrogen and oxygen atoms in total. The van der Waals surface area contributed by atoms with Crippen molar-refractivity contribution in [3.8, 4) is 5.75 Å². The summed E-state index contributed by atoms with van der Waals surface area (Å²) in [5, 5.41) is 16.1. The topological polar surface area (TPSA) is 131 Å². The van der Waals surface area contributed by atoms with Crippen molar-refractivity contribution < 1.29 is 24.0 Å². The molecule has 182 valence electrons. The second-order valence-corrected chi connectivity index (χ2v) is 8.05. The van der Waals surface area contributed by atoms with Crippen LogP contribution >= 0.6 is 0 Å². The summed E-state index contributed by atoms with van der Waals surface area (Å²) in [5.74, 6) is -0.744. The van der Waals surface area contributed by atoms with Crippen molar-refractivity contribution in [3.05, 3.63) is 105 Å². The van der Waals surface area contributed by atoms with Crippen LogP contribution in [-0.4, -0.2) is 34.2 Å². The fraction of sp³-hybridized carbons (Fsp3) is 0.115. The Kier molecular flexibility index (Phi) is 7.05. The molecule has 0 aromatic heterocycles. The van der Waals surface area contributed by atoms with Crippen LogP contribution in [0, 0.1) is 17.0 Å². The third-order valence-corrected chi connectivity index (χ3v) is 5.33. The average molecular weight is 486 g/mol. The smallest absolute Gasteiger partial charge is 0.329 e. The molecule has 1 aliphatic heterocycles. The van der Waals surface area contributed by atoms with Crippen molar-refractivity contribution in [1.82, 2.24) is 10.2 Å². The number of nitro groups is 1. The van der Waals surface area contributed by atoms with Gasteiger partial charge in [-0.05, 0) is 36.8 Å². The number of hydrogen-bond acceptors (Lipinski definition) is 6. The summed E-state index contributed by atoms with van der Waals surface area (Å²) in [6.45, 7) is 1.54. The van der Waals surface area contributed by atoms with Crippen molar-refractivity contribution in [2.45, 2.75) is 13.5 Å². The van der Waals surface area contributed by atoms with E-state index in [1.54, 1.807) is 48.5 Å². The summed E-state index contributed by atoms with van der Waals surface area (Å²) in [4.78, 5) is 48.9. The first-order chi connectivity index (χ1) is 17.3. The van der Waals surface area contributed by atoms with Gasteiger partial charge in [0, 0.05) is 23.4 Å². The minimum Gasteiger partial charge on any atom is -0.488 e.